The maximum absolute atomic E-state index is 14.9. The molecule has 4 aliphatic rings. The van der Waals surface area contributed by atoms with Gasteiger partial charge < -0.3 is 4.74 Å². The van der Waals surface area contributed by atoms with Crippen LogP contribution >= 0.6 is 0 Å². The number of alkyl halides is 7. The van der Waals surface area contributed by atoms with Crippen molar-refractivity contribution in [3.05, 3.63) is 11.6 Å². The molecule has 0 heterocycles. The molecular weight excluding hydrogens is 461 g/mol. The van der Waals surface area contributed by atoms with Crippen LogP contribution in [-0.4, -0.2) is 43.1 Å². The Hall–Kier alpha value is -0.790. The maximum atomic E-state index is 14.9. The first-order chi connectivity index (χ1) is 16.0. The van der Waals surface area contributed by atoms with Crippen LogP contribution in [-0.2, 0) is 4.74 Å². The monoisotopic (exact) mass is 498 g/mol. The van der Waals surface area contributed by atoms with E-state index in [0.717, 1.165) is 30.8 Å². The fraction of sp³-hybridized carbons (Fsp3) is 0.923. The van der Waals surface area contributed by atoms with Crippen molar-refractivity contribution in [1.82, 2.24) is 0 Å². The number of halogens is 7. The molecule has 0 N–H and O–H groups in total. The van der Waals surface area contributed by atoms with Gasteiger partial charge in [-0.25, -0.2) is 22.0 Å². The van der Waals surface area contributed by atoms with Gasteiger partial charge >= 0.3 is 6.11 Å². The fourth-order valence-electron chi connectivity index (χ4n) is 6.80. The Bertz CT molecular complexity index is 683. The van der Waals surface area contributed by atoms with Gasteiger partial charge in [0.1, 0.15) is 30.6 Å². The molecule has 0 bridgehead atoms. The van der Waals surface area contributed by atoms with Crippen molar-refractivity contribution in [2.75, 3.05) is 0 Å². The predicted molar refractivity (Wildman–Crippen MR) is 116 cm³/mol. The zero-order valence-corrected chi connectivity index (χ0v) is 19.8. The summed E-state index contributed by atoms with van der Waals surface area (Å²) >= 11 is 0. The van der Waals surface area contributed by atoms with Crippen LogP contribution in [0.15, 0.2) is 11.6 Å². The van der Waals surface area contributed by atoms with Gasteiger partial charge in [-0.1, -0.05) is 31.4 Å². The summed E-state index contributed by atoms with van der Waals surface area (Å²) in [5, 5.41) is 0. The summed E-state index contributed by atoms with van der Waals surface area (Å²) in [6.45, 7) is 2.28. The Kier molecular flexibility index (Phi) is 8.25. The van der Waals surface area contributed by atoms with E-state index in [0.29, 0.717) is 11.8 Å². The Labute approximate surface area is 197 Å². The van der Waals surface area contributed by atoms with Crippen LogP contribution in [0.25, 0.3) is 0 Å². The van der Waals surface area contributed by atoms with Gasteiger partial charge in [-0.15, -0.1) is 0 Å². The highest BCUT2D eigenvalue weighted by Gasteiger charge is 2.56. The van der Waals surface area contributed by atoms with E-state index in [-0.39, 0.29) is 12.8 Å². The van der Waals surface area contributed by atoms with Gasteiger partial charge in [0.05, 0.1) is 6.10 Å². The smallest absolute Gasteiger partial charge is 0.317 e. The van der Waals surface area contributed by atoms with Crippen molar-refractivity contribution in [3.63, 3.8) is 0 Å². The van der Waals surface area contributed by atoms with Gasteiger partial charge in [0.2, 0.25) is 0 Å². The second-order valence-electron chi connectivity index (χ2n) is 11.3. The van der Waals surface area contributed by atoms with Crippen LogP contribution in [0, 0.1) is 29.6 Å². The Morgan fingerprint density at radius 3 is 1.88 bits per heavy atom. The highest BCUT2D eigenvalue weighted by Crippen LogP contribution is 2.48. The molecule has 4 aliphatic carbocycles. The summed E-state index contributed by atoms with van der Waals surface area (Å²) < 4.78 is 104. The lowest BCUT2D eigenvalue weighted by Gasteiger charge is -2.42. The summed E-state index contributed by atoms with van der Waals surface area (Å²) in [6.07, 6.45) is -9.34. The summed E-state index contributed by atoms with van der Waals surface area (Å²) in [6, 6.07) is 0. The lowest BCUT2D eigenvalue weighted by molar-refractivity contribution is -0.322. The van der Waals surface area contributed by atoms with E-state index in [2.05, 4.69) is 17.7 Å². The SMILES string of the molecule is CC1CCC(C2CC=C(C3CC(F)C(C(F)(F)OC4CC(F)C(F)C(F)C4)C(F)C3)CC2)CC1. The van der Waals surface area contributed by atoms with E-state index in [9.17, 15) is 30.7 Å². The summed E-state index contributed by atoms with van der Waals surface area (Å²) in [5.74, 6) is -0.683. The van der Waals surface area contributed by atoms with Crippen LogP contribution in [0.4, 0.5) is 30.7 Å². The van der Waals surface area contributed by atoms with Crippen molar-refractivity contribution < 1.29 is 35.5 Å². The Morgan fingerprint density at radius 2 is 1.35 bits per heavy atom. The highest BCUT2D eigenvalue weighted by molar-refractivity contribution is 5.14. The van der Waals surface area contributed by atoms with E-state index in [1.807, 2.05) is 0 Å². The predicted octanol–water partition coefficient (Wildman–Crippen LogP) is 8.03. The molecule has 5 unspecified atom stereocenters. The first-order valence-electron chi connectivity index (χ1n) is 13.0. The van der Waals surface area contributed by atoms with E-state index < -0.39 is 67.7 Å². The number of rotatable bonds is 5. The number of hydrogen-bond donors (Lipinski definition) is 0. The fourth-order valence-corrected chi connectivity index (χ4v) is 6.80. The third-order valence-electron chi connectivity index (χ3n) is 8.92. The van der Waals surface area contributed by atoms with E-state index in [4.69, 9.17) is 0 Å². The number of hydrogen-bond acceptors (Lipinski definition) is 1. The van der Waals surface area contributed by atoms with Crippen molar-refractivity contribution in [2.45, 2.75) is 121 Å². The van der Waals surface area contributed by atoms with Crippen LogP contribution in [0.3, 0.4) is 0 Å². The Morgan fingerprint density at radius 1 is 0.765 bits per heavy atom. The number of allylic oxidation sites excluding steroid dienone is 2. The quantitative estimate of drug-likeness (QED) is 0.275. The molecule has 4 rings (SSSR count). The van der Waals surface area contributed by atoms with Crippen LogP contribution in [0.2, 0.25) is 0 Å². The van der Waals surface area contributed by atoms with E-state index in [1.54, 1.807) is 0 Å². The maximum Gasteiger partial charge on any atom is 0.364 e. The first-order valence-corrected chi connectivity index (χ1v) is 13.0. The van der Waals surface area contributed by atoms with Crippen LogP contribution < -0.4 is 0 Å². The van der Waals surface area contributed by atoms with Crippen molar-refractivity contribution >= 4 is 0 Å². The highest BCUT2D eigenvalue weighted by atomic mass is 19.3. The molecule has 3 saturated carbocycles. The third-order valence-corrected chi connectivity index (χ3v) is 8.92. The molecule has 196 valence electrons. The molecule has 1 nitrogen and oxygen atoms in total. The molecule has 0 aromatic rings. The van der Waals surface area contributed by atoms with Gasteiger partial charge in [0.15, 0.2) is 6.17 Å². The van der Waals surface area contributed by atoms with Crippen molar-refractivity contribution in [1.29, 1.82) is 0 Å². The van der Waals surface area contributed by atoms with Gasteiger partial charge in [-0.2, -0.15) is 8.78 Å². The molecule has 0 aliphatic heterocycles. The van der Waals surface area contributed by atoms with Crippen LogP contribution in [0.5, 0.6) is 0 Å². The second kappa shape index (κ2) is 10.7. The average Bonchev–Trinajstić information content (AvgIpc) is 2.77. The molecule has 0 spiro atoms. The molecule has 0 amide bonds. The largest absolute Gasteiger partial charge is 0.364 e. The first kappa shape index (κ1) is 26.3. The topological polar surface area (TPSA) is 9.23 Å². The second-order valence-corrected chi connectivity index (χ2v) is 11.3. The molecule has 0 radical (unpaired) electrons. The zero-order valence-electron chi connectivity index (χ0n) is 19.8. The average molecular weight is 499 g/mol. The lowest BCUT2D eigenvalue weighted by atomic mass is 9.68. The lowest BCUT2D eigenvalue weighted by Crippen LogP contribution is -2.51. The van der Waals surface area contributed by atoms with E-state index >= 15 is 0 Å². The molecule has 8 heteroatoms. The minimum Gasteiger partial charge on any atom is -0.317 e. The van der Waals surface area contributed by atoms with E-state index in [1.165, 1.54) is 25.7 Å². The van der Waals surface area contributed by atoms with Crippen LogP contribution in [0.1, 0.15) is 77.6 Å². The van der Waals surface area contributed by atoms with Gasteiger partial charge in [0, 0.05) is 12.8 Å². The van der Waals surface area contributed by atoms with Crippen molar-refractivity contribution in [2.24, 2.45) is 29.6 Å². The minimum absolute atomic E-state index is 0.212. The zero-order chi connectivity index (χ0) is 24.6. The summed E-state index contributed by atoms with van der Waals surface area (Å²) in [7, 11) is 0. The van der Waals surface area contributed by atoms with Gasteiger partial charge in [-0.3, -0.25) is 0 Å². The third kappa shape index (κ3) is 5.78. The molecule has 3 fully saturated rings. The summed E-state index contributed by atoms with van der Waals surface area (Å²) in [4.78, 5) is 0. The van der Waals surface area contributed by atoms with Crippen molar-refractivity contribution in [3.8, 4) is 0 Å². The molecule has 0 saturated heterocycles. The molecule has 0 aromatic heterocycles. The normalized spacial score (nSPS) is 46.7. The molecular formula is C26H37F7O. The standard InChI is InChI=1S/C26H37F7O/c1-14-2-4-15(5-3-14)16-6-8-17(9-7-16)18-10-20(27)24(21(28)11-18)26(32,33)34-19-12-22(29)25(31)23(30)13-19/h8,14-16,18-25H,2-7,9-13H2,1H3. The van der Waals surface area contributed by atoms with Gasteiger partial charge in [-0.05, 0) is 68.6 Å². The summed E-state index contributed by atoms with van der Waals surface area (Å²) in [5.41, 5.74) is 0.968. The molecule has 5 atom stereocenters. The Balaban J connectivity index is 1.33. The molecule has 34 heavy (non-hydrogen) atoms. The molecule has 0 aromatic carbocycles. The number of ether oxygens (including phenoxy) is 1. The minimum atomic E-state index is -4.22. The van der Waals surface area contributed by atoms with Gasteiger partial charge in [0.25, 0.3) is 0 Å².